The summed E-state index contributed by atoms with van der Waals surface area (Å²) >= 11 is 1.50. The van der Waals surface area contributed by atoms with Crippen molar-refractivity contribution >= 4 is 41.4 Å². The number of aromatic hydroxyl groups is 1. The highest BCUT2D eigenvalue weighted by molar-refractivity contribution is 7.98. The van der Waals surface area contributed by atoms with Crippen molar-refractivity contribution in [2.24, 2.45) is 11.5 Å². The van der Waals surface area contributed by atoms with Crippen molar-refractivity contribution in [3.05, 3.63) is 29.8 Å². The number of phenolic OH excluding ortho intramolecular Hbond substituents is 1. The Bertz CT molecular complexity index is 946. The summed E-state index contributed by atoms with van der Waals surface area (Å²) in [6.07, 6.45) is 2.36. The van der Waals surface area contributed by atoms with E-state index >= 15 is 0 Å². The zero-order valence-electron chi connectivity index (χ0n) is 21.2. The average molecular weight is 556 g/mol. The number of amides is 3. The van der Waals surface area contributed by atoms with Crippen LogP contribution in [0.3, 0.4) is 0 Å². The summed E-state index contributed by atoms with van der Waals surface area (Å²) in [5.41, 5.74) is 11.9. The van der Waals surface area contributed by atoms with E-state index in [-0.39, 0.29) is 18.6 Å². The molecular formula is C24H37N5O8S. The number of carbonyl (C=O) groups excluding carboxylic acids is 3. The summed E-state index contributed by atoms with van der Waals surface area (Å²) in [4.78, 5) is 61.6. The number of carboxylic acids is 2. The number of phenols is 1. The Balaban J connectivity index is 3.09. The van der Waals surface area contributed by atoms with Gasteiger partial charge in [-0.25, -0.2) is 4.79 Å². The molecule has 0 aliphatic heterocycles. The summed E-state index contributed by atoms with van der Waals surface area (Å²) < 4.78 is 0. The Hall–Kier alpha value is -3.36. The predicted octanol–water partition coefficient (Wildman–Crippen LogP) is -0.842. The SMILES string of the molecule is CSCCC(N)C(=O)NC(Cc1ccc(O)cc1)C(=O)NC(CC(=O)O)C(=O)NC(CCCCN)C(=O)O. The Kier molecular flexibility index (Phi) is 14.8. The molecule has 0 fully saturated rings. The summed E-state index contributed by atoms with van der Waals surface area (Å²) in [6, 6.07) is 0.814. The number of hydrogen-bond acceptors (Lipinski definition) is 9. The van der Waals surface area contributed by atoms with Gasteiger partial charge >= 0.3 is 11.9 Å². The monoisotopic (exact) mass is 555 g/mol. The molecule has 0 saturated heterocycles. The maximum atomic E-state index is 13.2. The number of unbranched alkanes of at least 4 members (excludes halogenated alkanes) is 1. The van der Waals surface area contributed by atoms with E-state index in [9.17, 15) is 39.3 Å². The van der Waals surface area contributed by atoms with E-state index in [0.29, 0.717) is 37.1 Å². The van der Waals surface area contributed by atoms with Crippen molar-refractivity contribution in [2.45, 2.75) is 62.7 Å². The van der Waals surface area contributed by atoms with Gasteiger partial charge in [-0.2, -0.15) is 11.8 Å². The van der Waals surface area contributed by atoms with Crippen LogP contribution in [-0.2, 0) is 30.4 Å². The van der Waals surface area contributed by atoms with Crippen LogP contribution in [0.25, 0.3) is 0 Å². The van der Waals surface area contributed by atoms with Gasteiger partial charge in [0.2, 0.25) is 17.7 Å². The van der Waals surface area contributed by atoms with E-state index in [2.05, 4.69) is 16.0 Å². The number of carbonyl (C=O) groups is 5. The maximum absolute atomic E-state index is 13.2. The van der Waals surface area contributed by atoms with E-state index in [0.717, 1.165) is 0 Å². The molecule has 212 valence electrons. The van der Waals surface area contributed by atoms with Gasteiger partial charge in [0.05, 0.1) is 12.5 Å². The third-order valence-electron chi connectivity index (χ3n) is 5.55. The second-order valence-corrected chi connectivity index (χ2v) is 9.65. The summed E-state index contributed by atoms with van der Waals surface area (Å²) in [7, 11) is 0. The second kappa shape index (κ2) is 17.2. The maximum Gasteiger partial charge on any atom is 0.326 e. The van der Waals surface area contributed by atoms with Gasteiger partial charge in [-0.1, -0.05) is 12.1 Å². The smallest absolute Gasteiger partial charge is 0.326 e. The molecule has 4 atom stereocenters. The van der Waals surface area contributed by atoms with Crippen LogP contribution in [0.5, 0.6) is 5.75 Å². The molecule has 0 aliphatic rings. The summed E-state index contributed by atoms with van der Waals surface area (Å²) in [5, 5.41) is 35.4. The second-order valence-electron chi connectivity index (χ2n) is 8.66. The Morgan fingerprint density at radius 1 is 0.868 bits per heavy atom. The molecule has 1 aromatic rings. The first-order valence-corrected chi connectivity index (χ1v) is 13.5. The molecule has 1 rings (SSSR count). The van der Waals surface area contributed by atoms with E-state index in [1.54, 1.807) is 0 Å². The molecule has 14 heteroatoms. The highest BCUT2D eigenvalue weighted by Crippen LogP contribution is 2.12. The molecule has 1 aromatic carbocycles. The molecule has 0 saturated carbocycles. The van der Waals surface area contributed by atoms with Crippen LogP contribution < -0.4 is 27.4 Å². The fourth-order valence-corrected chi connectivity index (χ4v) is 3.90. The lowest BCUT2D eigenvalue weighted by atomic mass is 10.0. The minimum absolute atomic E-state index is 0.00415. The number of nitrogens with one attached hydrogen (secondary N) is 3. The highest BCUT2D eigenvalue weighted by Gasteiger charge is 2.31. The van der Waals surface area contributed by atoms with Crippen LogP contribution in [0.15, 0.2) is 24.3 Å². The number of hydrogen-bond donors (Lipinski definition) is 8. The molecule has 0 aromatic heterocycles. The average Bonchev–Trinajstić information content (AvgIpc) is 2.86. The van der Waals surface area contributed by atoms with Crippen LogP contribution in [0, 0.1) is 0 Å². The van der Waals surface area contributed by atoms with Crippen LogP contribution >= 0.6 is 11.8 Å². The fourth-order valence-electron chi connectivity index (χ4n) is 3.41. The van der Waals surface area contributed by atoms with Gasteiger partial charge in [0, 0.05) is 6.42 Å². The van der Waals surface area contributed by atoms with Crippen LogP contribution in [0.4, 0.5) is 0 Å². The van der Waals surface area contributed by atoms with Crippen molar-refractivity contribution in [2.75, 3.05) is 18.6 Å². The van der Waals surface area contributed by atoms with E-state index in [1.807, 2.05) is 6.26 Å². The zero-order chi connectivity index (χ0) is 28.7. The molecule has 4 unspecified atom stereocenters. The molecule has 0 aliphatic carbocycles. The lowest BCUT2D eigenvalue weighted by molar-refractivity contribution is -0.143. The molecule has 0 heterocycles. The molecule has 0 bridgehead atoms. The van der Waals surface area contributed by atoms with Crippen molar-refractivity contribution in [3.8, 4) is 5.75 Å². The van der Waals surface area contributed by atoms with Gasteiger partial charge in [0.25, 0.3) is 0 Å². The third kappa shape index (κ3) is 12.3. The van der Waals surface area contributed by atoms with Gasteiger partial charge in [0.15, 0.2) is 0 Å². The predicted molar refractivity (Wildman–Crippen MR) is 141 cm³/mol. The lowest BCUT2D eigenvalue weighted by Gasteiger charge is -2.25. The third-order valence-corrected chi connectivity index (χ3v) is 6.20. The number of aliphatic carboxylic acids is 2. The van der Waals surface area contributed by atoms with Crippen molar-refractivity contribution in [3.63, 3.8) is 0 Å². The topological polar surface area (TPSA) is 234 Å². The minimum atomic E-state index is -1.61. The molecular weight excluding hydrogens is 518 g/mol. The van der Waals surface area contributed by atoms with Crippen LogP contribution in [0.1, 0.15) is 37.7 Å². The number of thioether (sulfide) groups is 1. The van der Waals surface area contributed by atoms with E-state index in [4.69, 9.17) is 11.5 Å². The van der Waals surface area contributed by atoms with Gasteiger partial charge in [0.1, 0.15) is 23.9 Å². The van der Waals surface area contributed by atoms with Crippen molar-refractivity contribution in [1.82, 2.24) is 16.0 Å². The van der Waals surface area contributed by atoms with Gasteiger partial charge in [-0.15, -0.1) is 0 Å². The number of benzene rings is 1. The normalized spacial score (nSPS) is 14.0. The molecule has 3 amide bonds. The molecule has 13 nitrogen and oxygen atoms in total. The quantitative estimate of drug-likeness (QED) is 0.104. The summed E-state index contributed by atoms with van der Waals surface area (Å²) in [6.45, 7) is 0.340. The lowest BCUT2D eigenvalue weighted by Crippen LogP contribution is -2.58. The minimum Gasteiger partial charge on any atom is -0.508 e. The van der Waals surface area contributed by atoms with Crippen LogP contribution in [0.2, 0.25) is 0 Å². The standard InChI is InChI=1S/C24H37N5O8S/c1-38-11-9-16(26)21(33)28-18(12-14-5-7-15(30)8-6-14)22(34)29-19(13-20(31)32)23(35)27-17(24(36)37)4-2-3-10-25/h5-8,16-19,30H,2-4,9-13,25-26H2,1H3,(H,27,35)(H,28,33)(H,29,34)(H,31,32)(H,36,37). The molecule has 38 heavy (non-hydrogen) atoms. The van der Waals surface area contributed by atoms with E-state index in [1.165, 1.54) is 36.0 Å². The number of carboxylic acid groups (broad SMARTS) is 2. The summed E-state index contributed by atoms with van der Waals surface area (Å²) in [5.74, 6) is -4.57. The largest absolute Gasteiger partial charge is 0.508 e. The first-order valence-electron chi connectivity index (χ1n) is 12.1. The van der Waals surface area contributed by atoms with Gasteiger partial charge < -0.3 is 42.7 Å². The number of nitrogens with two attached hydrogens (primary N) is 2. The Morgan fingerprint density at radius 2 is 1.45 bits per heavy atom. The highest BCUT2D eigenvalue weighted by atomic mass is 32.2. The van der Waals surface area contributed by atoms with Crippen molar-refractivity contribution in [1.29, 1.82) is 0 Å². The first kappa shape index (κ1) is 32.7. The Morgan fingerprint density at radius 3 is 2.00 bits per heavy atom. The van der Waals surface area contributed by atoms with Crippen LogP contribution in [-0.4, -0.2) is 87.7 Å². The van der Waals surface area contributed by atoms with E-state index < -0.39 is 60.2 Å². The molecule has 0 radical (unpaired) electrons. The zero-order valence-corrected chi connectivity index (χ0v) is 22.0. The van der Waals surface area contributed by atoms with Gasteiger partial charge in [-0.3, -0.25) is 19.2 Å². The number of rotatable bonds is 18. The van der Waals surface area contributed by atoms with Gasteiger partial charge in [-0.05, 0) is 61.9 Å². The Labute approximate surface area is 225 Å². The fraction of sp³-hybridized carbons (Fsp3) is 0.542. The first-order chi connectivity index (χ1) is 18.0. The van der Waals surface area contributed by atoms with Crippen molar-refractivity contribution < 1.29 is 39.3 Å². The molecule has 0 spiro atoms. The molecule has 10 N–H and O–H groups in total.